The summed E-state index contributed by atoms with van der Waals surface area (Å²) < 4.78 is 7.59. The van der Waals surface area contributed by atoms with Crippen LogP contribution in [-0.2, 0) is 24.4 Å². The minimum atomic E-state index is -0.528. The zero-order chi connectivity index (χ0) is 18.7. The molecule has 2 aromatic heterocycles. The molecule has 0 aliphatic rings. The van der Waals surface area contributed by atoms with Crippen molar-refractivity contribution < 1.29 is 9.21 Å². The molecule has 2 heterocycles. The van der Waals surface area contributed by atoms with Crippen molar-refractivity contribution in [3.05, 3.63) is 68.2 Å². The van der Waals surface area contributed by atoms with Crippen molar-refractivity contribution in [2.75, 3.05) is 0 Å². The van der Waals surface area contributed by atoms with Gasteiger partial charge in [-0.1, -0.05) is 18.5 Å². The number of hydrogen-bond donors (Lipinski definition) is 1. The summed E-state index contributed by atoms with van der Waals surface area (Å²) in [6.45, 7) is 2.15. The number of amides is 1. The van der Waals surface area contributed by atoms with Gasteiger partial charge in [0.15, 0.2) is 0 Å². The number of benzene rings is 1. The number of halogens is 1. The lowest BCUT2D eigenvalue weighted by molar-refractivity contribution is -0.121. The maximum absolute atomic E-state index is 12.8. The van der Waals surface area contributed by atoms with E-state index in [4.69, 9.17) is 16.0 Å². The van der Waals surface area contributed by atoms with Gasteiger partial charge in [0.25, 0.3) is 5.56 Å². The lowest BCUT2D eigenvalue weighted by Gasteiger charge is -2.14. The number of rotatable bonds is 6. The predicted octanol–water partition coefficient (Wildman–Crippen LogP) is 2.14. The molecular formula is C18H18ClN3O4. The first kappa shape index (κ1) is 18.0. The summed E-state index contributed by atoms with van der Waals surface area (Å²) in [6.07, 6.45) is 2.14. The molecule has 1 N–H and O–H groups in total. The van der Waals surface area contributed by atoms with Gasteiger partial charge in [0.2, 0.25) is 5.91 Å². The molecule has 0 atom stereocenters. The summed E-state index contributed by atoms with van der Waals surface area (Å²) >= 11 is 6.02. The fourth-order valence-corrected chi connectivity index (χ4v) is 2.93. The Bertz CT molecular complexity index is 1050. The fraction of sp³-hybridized carbons (Fsp3) is 0.278. The van der Waals surface area contributed by atoms with E-state index in [0.29, 0.717) is 28.1 Å². The highest BCUT2D eigenvalue weighted by Crippen LogP contribution is 2.15. The molecule has 0 aliphatic heterocycles. The molecule has 3 rings (SSSR count). The Morgan fingerprint density at radius 1 is 1.23 bits per heavy atom. The lowest BCUT2D eigenvalue weighted by Crippen LogP contribution is -2.42. The van der Waals surface area contributed by atoms with Crippen molar-refractivity contribution in [2.24, 2.45) is 0 Å². The summed E-state index contributed by atoms with van der Waals surface area (Å²) in [6, 6.07) is 8.15. The fourth-order valence-electron chi connectivity index (χ4n) is 2.76. The van der Waals surface area contributed by atoms with Gasteiger partial charge in [-0.2, -0.15) is 0 Å². The summed E-state index contributed by atoms with van der Waals surface area (Å²) in [5.41, 5.74) is -0.566. The van der Waals surface area contributed by atoms with Crippen LogP contribution < -0.4 is 16.6 Å². The van der Waals surface area contributed by atoms with E-state index in [1.54, 1.807) is 24.3 Å². The maximum Gasteiger partial charge on any atom is 0.331 e. The van der Waals surface area contributed by atoms with E-state index < -0.39 is 5.69 Å². The average molecular weight is 376 g/mol. The molecule has 8 heteroatoms. The molecule has 0 bridgehead atoms. The lowest BCUT2D eigenvalue weighted by atomic mass is 10.2. The number of carbonyl (C=O) groups excluding carboxylic acids is 1. The van der Waals surface area contributed by atoms with Gasteiger partial charge in [0, 0.05) is 11.6 Å². The van der Waals surface area contributed by atoms with E-state index in [9.17, 15) is 14.4 Å². The smallest absolute Gasteiger partial charge is 0.331 e. The molecule has 26 heavy (non-hydrogen) atoms. The van der Waals surface area contributed by atoms with Crippen LogP contribution in [0.1, 0.15) is 19.1 Å². The van der Waals surface area contributed by atoms with Crippen molar-refractivity contribution in [3.8, 4) is 0 Å². The number of fused-ring (bicyclic) bond motifs is 1. The van der Waals surface area contributed by atoms with E-state index in [1.807, 2.05) is 6.92 Å². The molecule has 3 aromatic rings. The minimum absolute atomic E-state index is 0.216. The number of carbonyl (C=O) groups is 1. The van der Waals surface area contributed by atoms with Gasteiger partial charge in [0.05, 0.1) is 23.7 Å². The van der Waals surface area contributed by atoms with Crippen LogP contribution in [0.5, 0.6) is 0 Å². The molecule has 0 aliphatic carbocycles. The summed E-state index contributed by atoms with van der Waals surface area (Å²) in [4.78, 5) is 37.6. The zero-order valence-corrected chi connectivity index (χ0v) is 15.0. The van der Waals surface area contributed by atoms with E-state index in [2.05, 4.69) is 5.32 Å². The monoisotopic (exact) mass is 375 g/mol. The molecule has 0 spiro atoms. The van der Waals surface area contributed by atoms with Crippen molar-refractivity contribution in [1.82, 2.24) is 14.5 Å². The average Bonchev–Trinajstić information content (AvgIpc) is 3.14. The van der Waals surface area contributed by atoms with E-state index in [0.717, 1.165) is 4.57 Å². The Morgan fingerprint density at radius 2 is 2.04 bits per heavy atom. The summed E-state index contributed by atoms with van der Waals surface area (Å²) in [5.74, 6) is 0.237. The Labute approximate surface area is 153 Å². The molecule has 0 fully saturated rings. The molecule has 0 radical (unpaired) electrons. The molecular weight excluding hydrogens is 358 g/mol. The largest absolute Gasteiger partial charge is 0.467 e. The van der Waals surface area contributed by atoms with Crippen molar-refractivity contribution in [1.29, 1.82) is 0 Å². The molecule has 1 amide bonds. The summed E-state index contributed by atoms with van der Waals surface area (Å²) in [7, 11) is 0. The van der Waals surface area contributed by atoms with Crippen LogP contribution in [0.15, 0.2) is 50.6 Å². The van der Waals surface area contributed by atoms with E-state index >= 15 is 0 Å². The van der Waals surface area contributed by atoms with Gasteiger partial charge >= 0.3 is 5.69 Å². The van der Waals surface area contributed by atoms with Gasteiger partial charge in [0.1, 0.15) is 12.3 Å². The Balaban J connectivity index is 2.00. The summed E-state index contributed by atoms with van der Waals surface area (Å²) in [5, 5.41) is 3.43. The number of furan rings is 1. The number of hydrogen-bond acceptors (Lipinski definition) is 4. The molecule has 7 nitrogen and oxygen atoms in total. The first-order valence-corrected chi connectivity index (χ1v) is 8.61. The first-order valence-electron chi connectivity index (χ1n) is 8.23. The number of nitrogens with zero attached hydrogens (tertiary/aromatic N) is 2. The molecule has 0 saturated heterocycles. The van der Waals surface area contributed by atoms with Crippen LogP contribution in [-0.4, -0.2) is 15.0 Å². The van der Waals surface area contributed by atoms with Crippen molar-refractivity contribution in [2.45, 2.75) is 33.0 Å². The Kier molecular flexibility index (Phi) is 5.27. The van der Waals surface area contributed by atoms with Gasteiger partial charge < -0.3 is 9.73 Å². The van der Waals surface area contributed by atoms with Crippen molar-refractivity contribution in [3.63, 3.8) is 0 Å². The van der Waals surface area contributed by atoms with E-state index in [-0.39, 0.29) is 31.1 Å². The van der Waals surface area contributed by atoms with Crippen LogP contribution >= 0.6 is 11.6 Å². The standard InChI is InChI=1S/C18H18ClN3O4/c1-2-7-21-17(24)14-6-5-12(19)9-15(14)22(18(21)25)11-16(23)20-10-13-4-3-8-26-13/h3-6,8-9H,2,7,10-11H2,1H3,(H,20,23). The third-order valence-corrected chi connectivity index (χ3v) is 4.21. The number of nitrogens with one attached hydrogen (secondary N) is 1. The van der Waals surface area contributed by atoms with Crippen LogP contribution in [0.2, 0.25) is 5.02 Å². The second kappa shape index (κ2) is 7.61. The molecule has 1 aromatic carbocycles. The van der Waals surface area contributed by atoms with Gasteiger partial charge in [-0.15, -0.1) is 0 Å². The zero-order valence-electron chi connectivity index (χ0n) is 14.2. The topological polar surface area (TPSA) is 86.2 Å². The quantitative estimate of drug-likeness (QED) is 0.715. The Morgan fingerprint density at radius 3 is 2.73 bits per heavy atom. The third kappa shape index (κ3) is 3.57. The molecule has 0 unspecified atom stereocenters. The second-order valence-electron chi connectivity index (χ2n) is 5.84. The van der Waals surface area contributed by atoms with E-state index in [1.165, 1.54) is 16.9 Å². The van der Waals surface area contributed by atoms with Gasteiger partial charge in [-0.25, -0.2) is 4.79 Å². The van der Waals surface area contributed by atoms with Crippen LogP contribution in [0.25, 0.3) is 10.9 Å². The van der Waals surface area contributed by atoms with Crippen LogP contribution in [0.3, 0.4) is 0 Å². The van der Waals surface area contributed by atoms with Gasteiger partial charge in [-0.05, 0) is 36.8 Å². The minimum Gasteiger partial charge on any atom is -0.467 e. The first-order chi connectivity index (χ1) is 12.5. The SMILES string of the molecule is CCCn1c(=O)c2ccc(Cl)cc2n(CC(=O)NCc2ccco2)c1=O. The Hall–Kier alpha value is -2.80. The van der Waals surface area contributed by atoms with Crippen LogP contribution in [0.4, 0.5) is 0 Å². The molecule has 136 valence electrons. The highest BCUT2D eigenvalue weighted by atomic mass is 35.5. The third-order valence-electron chi connectivity index (χ3n) is 3.98. The van der Waals surface area contributed by atoms with Gasteiger partial charge in [-0.3, -0.25) is 18.7 Å². The second-order valence-corrected chi connectivity index (χ2v) is 6.28. The normalized spacial score (nSPS) is 11.0. The highest BCUT2D eigenvalue weighted by molar-refractivity contribution is 6.31. The van der Waals surface area contributed by atoms with Crippen molar-refractivity contribution >= 4 is 28.4 Å². The highest BCUT2D eigenvalue weighted by Gasteiger charge is 2.15. The van der Waals surface area contributed by atoms with Crippen LogP contribution in [0, 0.1) is 0 Å². The maximum atomic E-state index is 12.8. The predicted molar refractivity (Wildman–Crippen MR) is 98.3 cm³/mol. The number of aromatic nitrogens is 2. The molecule has 0 saturated carbocycles.